The van der Waals surface area contributed by atoms with E-state index in [-0.39, 0.29) is 0 Å². The smallest absolute Gasteiger partial charge is 0.413 e. The van der Waals surface area contributed by atoms with Crippen molar-refractivity contribution in [3.05, 3.63) is 16.3 Å². The van der Waals surface area contributed by atoms with Gasteiger partial charge in [0.05, 0.1) is 4.92 Å². The summed E-state index contributed by atoms with van der Waals surface area (Å²) in [6.45, 7) is 3.17. The van der Waals surface area contributed by atoms with Crippen LogP contribution in [-0.4, -0.2) is 32.6 Å². The maximum Gasteiger partial charge on any atom is 0.413 e. The molecule has 0 aliphatic rings. The molecule has 0 atom stereocenters. The van der Waals surface area contributed by atoms with Crippen LogP contribution in [0.5, 0.6) is 0 Å². The summed E-state index contributed by atoms with van der Waals surface area (Å²) in [5, 5.41) is 16.0. The molecule has 0 saturated heterocycles. The Labute approximate surface area is 117 Å². The molecule has 0 unspecified atom stereocenters. The lowest BCUT2D eigenvalue weighted by Gasteiger charge is -2.18. The number of alkyl halides is 3. The molecule has 1 amide bonds. The van der Waals surface area contributed by atoms with Gasteiger partial charge in [-0.1, -0.05) is 0 Å². The van der Waals surface area contributed by atoms with Gasteiger partial charge < -0.3 is 4.74 Å². The summed E-state index contributed by atoms with van der Waals surface area (Å²) in [5.74, 6) is -0.612. The van der Waals surface area contributed by atoms with Crippen molar-refractivity contribution >= 4 is 17.6 Å². The number of rotatable bonds is 3. The van der Waals surface area contributed by atoms with Crippen LogP contribution in [0.2, 0.25) is 0 Å². The molecule has 0 spiro atoms. The number of carbonyl (C=O) groups is 1. The van der Waals surface area contributed by atoms with E-state index >= 15 is 0 Å². The minimum atomic E-state index is -4.59. The van der Waals surface area contributed by atoms with E-state index in [1.165, 1.54) is 0 Å². The van der Waals surface area contributed by atoms with Crippen molar-refractivity contribution in [1.29, 1.82) is 0 Å². The van der Waals surface area contributed by atoms with Crippen LogP contribution in [0.3, 0.4) is 0 Å². The van der Waals surface area contributed by atoms with Gasteiger partial charge in [-0.2, -0.15) is 13.2 Å². The van der Waals surface area contributed by atoms with E-state index in [9.17, 15) is 28.1 Å². The third-order valence-corrected chi connectivity index (χ3v) is 1.90. The number of hydrogen-bond donors (Lipinski definition) is 1. The molecule has 0 saturated carbocycles. The van der Waals surface area contributed by atoms with Gasteiger partial charge in [-0.05, 0) is 20.8 Å². The van der Waals surface area contributed by atoms with Crippen LogP contribution in [0.4, 0.5) is 29.5 Å². The first-order valence-electron chi connectivity index (χ1n) is 5.66. The highest BCUT2D eigenvalue weighted by Crippen LogP contribution is 2.25. The Bertz CT molecular complexity index is 547. The number of amides is 1. The van der Waals surface area contributed by atoms with Crippen LogP contribution in [-0.2, 0) is 11.3 Å². The summed E-state index contributed by atoms with van der Waals surface area (Å²) in [7, 11) is 0. The summed E-state index contributed by atoms with van der Waals surface area (Å²) in [6.07, 6.45) is -5.06. The standard InChI is InChI=1S/C10H13F3N4O4/c1-9(2,3)21-8(18)14-7-6(17(19)20)4-16(15-7)5-10(11,12)13/h4H,5H2,1-3H3,(H,14,15,18). The Morgan fingerprint density at radius 3 is 2.48 bits per heavy atom. The molecule has 0 fully saturated rings. The number of hydrogen-bond acceptors (Lipinski definition) is 5. The van der Waals surface area contributed by atoms with E-state index < -0.39 is 40.8 Å². The predicted molar refractivity (Wildman–Crippen MR) is 64.8 cm³/mol. The summed E-state index contributed by atoms with van der Waals surface area (Å²) >= 11 is 0. The van der Waals surface area contributed by atoms with Gasteiger partial charge in [-0.15, -0.1) is 5.10 Å². The maximum atomic E-state index is 12.2. The molecule has 1 aromatic rings. The third-order valence-electron chi connectivity index (χ3n) is 1.90. The minimum Gasteiger partial charge on any atom is -0.444 e. The highest BCUT2D eigenvalue weighted by Gasteiger charge is 2.31. The average molecular weight is 310 g/mol. The fraction of sp³-hybridized carbons (Fsp3) is 0.600. The molecule has 1 heterocycles. The van der Waals surface area contributed by atoms with Crippen LogP contribution < -0.4 is 5.32 Å². The van der Waals surface area contributed by atoms with Crippen LogP contribution in [0.1, 0.15) is 20.8 Å². The summed E-state index contributed by atoms with van der Waals surface area (Å²) in [5.41, 5.74) is -1.63. The highest BCUT2D eigenvalue weighted by atomic mass is 19.4. The van der Waals surface area contributed by atoms with Crippen LogP contribution in [0.25, 0.3) is 0 Å². The van der Waals surface area contributed by atoms with Gasteiger partial charge in [-0.3, -0.25) is 20.1 Å². The third kappa shape index (κ3) is 5.67. The molecule has 21 heavy (non-hydrogen) atoms. The van der Waals surface area contributed by atoms with E-state index in [2.05, 4.69) is 5.10 Å². The topological polar surface area (TPSA) is 99.3 Å². The van der Waals surface area contributed by atoms with Gasteiger partial charge in [0.25, 0.3) is 0 Å². The number of nitrogens with zero attached hydrogens (tertiary/aromatic N) is 3. The van der Waals surface area contributed by atoms with Crippen molar-refractivity contribution in [3.63, 3.8) is 0 Å². The highest BCUT2D eigenvalue weighted by molar-refractivity contribution is 5.86. The molecule has 0 aromatic carbocycles. The normalized spacial score (nSPS) is 12.1. The molecule has 11 heteroatoms. The lowest BCUT2D eigenvalue weighted by atomic mass is 10.2. The zero-order chi connectivity index (χ0) is 16.4. The van der Waals surface area contributed by atoms with Gasteiger partial charge in [-0.25, -0.2) is 4.79 Å². The Morgan fingerprint density at radius 1 is 1.48 bits per heavy atom. The lowest BCUT2D eigenvalue weighted by Crippen LogP contribution is -2.27. The first kappa shape index (κ1) is 16.7. The maximum absolute atomic E-state index is 12.2. The zero-order valence-corrected chi connectivity index (χ0v) is 11.4. The number of nitrogens with one attached hydrogen (secondary N) is 1. The van der Waals surface area contributed by atoms with E-state index in [1.54, 1.807) is 20.8 Å². The average Bonchev–Trinajstić information content (AvgIpc) is 2.54. The zero-order valence-electron chi connectivity index (χ0n) is 11.4. The Hall–Kier alpha value is -2.33. The molecule has 1 N–H and O–H groups in total. The Kier molecular flexibility index (Phi) is 4.44. The Morgan fingerprint density at radius 2 is 2.05 bits per heavy atom. The summed E-state index contributed by atoms with van der Waals surface area (Å²) < 4.78 is 41.8. The molecule has 0 aliphatic heterocycles. The quantitative estimate of drug-likeness (QED) is 0.683. The number of aromatic nitrogens is 2. The SMILES string of the molecule is CC(C)(C)OC(=O)Nc1nn(CC(F)(F)F)cc1[N+](=O)[O-]. The molecule has 118 valence electrons. The predicted octanol–water partition coefficient (Wildman–Crippen LogP) is 2.70. The molecule has 1 aromatic heterocycles. The van der Waals surface area contributed by atoms with Crippen molar-refractivity contribution in [2.24, 2.45) is 0 Å². The number of ether oxygens (including phenoxy) is 1. The van der Waals surface area contributed by atoms with Crippen molar-refractivity contribution in [2.75, 3.05) is 5.32 Å². The summed E-state index contributed by atoms with van der Waals surface area (Å²) in [4.78, 5) is 21.3. The van der Waals surface area contributed by atoms with Crippen LogP contribution in [0, 0.1) is 10.1 Å². The second-order valence-corrected chi connectivity index (χ2v) is 5.06. The second-order valence-electron chi connectivity index (χ2n) is 5.06. The molecule has 0 radical (unpaired) electrons. The van der Waals surface area contributed by atoms with Gasteiger partial charge in [0.2, 0.25) is 5.82 Å². The molecule has 1 rings (SSSR count). The van der Waals surface area contributed by atoms with E-state index in [1.807, 2.05) is 5.32 Å². The molecule has 0 aliphatic carbocycles. The fourth-order valence-electron chi connectivity index (χ4n) is 1.30. The van der Waals surface area contributed by atoms with E-state index in [0.29, 0.717) is 10.9 Å². The van der Waals surface area contributed by atoms with Crippen molar-refractivity contribution < 1.29 is 27.6 Å². The second kappa shape index (κ2) is 5.58. The van der Waals surface area contributed by atoms with Crippen molar-refractivity contribution in [3.8, 4) is 0 Å². The molecule has 8 nitrogen and oxygen atoms in total. The largest absolute Gasteiger partial charge is 0.444 e. The number of carbonyl (C=O) groups excluding carboxylic acids is 1. The van der Waals surface area contributed by atoms with E-state index in [0.717, 1.165) is 0 Å². The van der Waals surface area contributed by atoms with Gasteiger partial charge in [0, 0.05) is 0 Å². The molecular formula is C10H13F3N4O4. The van der Waals surface area contributed by atoms with Gasteiger partial charge in [0.15, 0.2) is 0 Å². The lowest BCUT2D eigenvalue weighted by molar-refractivity contribution is -0.384. The van der Waals surface area contributed by atoms with Gasteiger partial charge in [0.1, 0.15) is 18.3 Å². The molecular weight excluding hydrogens is 297 g/mol. The minimum absolute atomic E-state index is 0.324. The number of anilines is 1. The van der Waals surface area contributed by atoms with Crippen molar-refractivity contribution in [2.45, 2.75) is 39.1 Å². The van der Waals surface area contributed by atoms with Crippen LogP contribution >= 0.6 is 0 Å². The number of nitro groups is 1. The molecule has 0 bridgehead atoms. The summed E-state index contributed by atoms with van der Waals surface area (Å²) in [6, 6.07) is 0. The van der Waals surface area contributed by atoms with Gasteiger partial charge >= 0.3 is 18.0 Å². The Balaban J connectivity index is 2.95. The first-order chi connectivity index (χ1) is 9.37. The van der Waals surface area contributed by atoms with E-state index in [4.69, 9.17) is 4.74 Å². The fourth-order valence-corrected chi connectivity index (χ4v) is 1.30. The van der Waals surface area contributed by atoms with Crippen molar-refractivity contribution in [1.82, 2.24) is 9.78 Å². The first-order valence-corrected chi connectivity index (χ1v) is 5.66. The van der Waals surface area contributed by atoms with Crippen LogP contribution in [0.15, 0.2) is 6.20 Å². The number of halogens is 3. The monoisotopic (exact) mass is 310 g/mol.